The van der Waals surface area contributed by atoms with Crippen LogP contribution in [0, 0.1) is 5.92 Å². The lowest BCUT2D eigenvalue weighted by molar-refractivity contribution is 0.673. The van der Waals surface area contributed by atoms with Crippen molar-refractivity contribution in [1.29, 1.82) is 0 Å². The molecule has 49 heavy (non-hydrogen) atoms. The highest BCUT2D eigenvalue weighted by atomic mass is 16.3. The van der Waals surface area contributed by atoms with Gasteiger partial charge in [-0.1, -0.05) is 133 Å². The molecule has 2 aromatic heterocycles. The monoisotopic (exact) mass is 622 g/mol. The highest BCUT2D eigenvalue weighted by molar-refractivity contribution is 6.18. The zero-order valence-corrected chi connectivity index (χ0v) is 26.5. The van der Waals surface area contributed by atoms with E-state index in [1.165, 1.54) is 67.1 Å². The van der Waals surface area contributed by atoms with Crippen LogP contribution in [0.1, 0.15) is 27.8 Å². The Morgan fingerprint density at radius 1 is 0.408 bits per heavy atom. The number of furan rings is 1. The van der Waals surface area contributed by atoms with E-state index in [-0.39, 0.29) is 0 Å². The fourth-order valence-electron chi connectivity index (χ4n) is 8.45. The average molecular weight is 623 g/mol. The summed E-state index contributed by atoms with van der Waals surface area (Å²) in [6.45, 7) is 0. The SMILES string of the molecule is c1ccc2c(c1)[C](C(=C1c3ccccc3-c3ccccc31)c1ccc(-n3c4ccccc4c4oc5ccccc5c43)cc1)c1ccccc1-2. The summed E-state index contributed by atoms with van der Waals surface area (Å²) in [6, 6.07) is 61.6. The van der Waals surface area contributed by atoms with Gasteiger partial charge in [-0.15, -0.1) is 0 Å². The molecular weight excluding hydrogens is 595 g/mol. The molecule has 2 heteroatoms. The molecule has 2 nitrogen and oxygen atoms in total. The second kappa shape index (κ2) is 10.1. The summed E-state index contributed by atoms with van der Waals surface area (Å²) in [7, 11) is 0. The maximum atomic E-state index is 6.47. The predicted molar refractivity (Wildman–Crippen MR) is 202 cm³/mol. The van der Waals surface area contributed by atoms with Gasteiger partial charge < -0.3 is 8.98 Å². The van der Waals surface area contributed by atoms with Crippen molar-refractivity contribution in [2.75, 3.05) is 0 Å². The molecule has 0 N–H and O–H groups in total. The third-order valence-corrected chi connectivity index (χ3v) is 10.5. The van der Waals surface area contributed by atoms with Crippen molar-refractivity contribution in [3.8, 4) is 27.9 Å². The Morgan fingerprint density at radius 2 is 0.878 bits per heavy atom. The van der Waals surface area contributed by atoms with Crippen molar-refractivity contribution < 1.29 is 4.42 Å². The fraction of sp³-hybridized carbons (Fsp3) is 0. The van der Waals surface area contributed by atoms with E-state index in [1.807, 2.05) is 6.07 Å². The van der Waals surface area contributed by atoms with Crippen molar-refractivity contribution in [2.45, 2.75) is 0 Å². The lowest BCUT2D eigenvalue weighted by atomic mass is 9.80. The van der Waals surface area contributed by atoms with Crippen LogP contribution in [0.2, 0.25) is 0 Å². The number of hydrogen-bond acceptors (Lipinski definition) is 1. The van der Waals surface area contributed by atoms with E-state index in [0.29, 0.717) is 0 Å². The summed E-state index contributed by atoms with van der Waals surface area (Å²) in [4.78, 5) is 0. The summed E-state index contributed by atoms with van der Waals surface area (Å²) < 4.78 is 8.83. The van der Waals surface area contributed by atoms with Crippen LogP contribution in [0.5, 0.6) is 0 Å². The first kappa shape index (κ1) is 26.7. The van der Waals surface area contributed by atoms with Crippen molar-refractivity contribution in [1.82, 2.24) is 4.57 Å². The van der Waals surface area contributed by atoms with Gasteiger partial charge in [-0.3, -0.25) is 0 Å². The second-order valence-corrected chi connectivity index (χ2v) is 13.0. The van der Waals surface area contributed by atoms with Gasteiger partial charge in [-0.05, 0) is 97.6 Å². The van der Waals surface area contributed by atoms with Gasteiger partial charge in [0.25, 0.3) is 0 Å². The largest absolute Gasteiger partial charge is 0.454 e. The van der Waals surface area contributed by atoms with Gasteiger partial charge in [0.05, 0.1) is 11.4 Å². The molecule has 0 saturated heterocycles. The number of para-hydroxylation sites is 2. The highest BCUT2D eigenvalue weighted by Crippen LogP contribution is 2.56. The van der Waals surface area contributed by atoms with Gasteiger partial charge in [-0.2, -0.15) is 0 Å². The van der Waals surface area contributed by atoms with Gasteiger partial charge in [-0.25, -0.2) is 0 Å². The second-order valence-electron chi connectivity index (χ2n) is 13.0. The predicted octanol–water partition coefficient (Wildman–Crippen LogP) is 12.1. The van der Waals surface area contributed by atoms with Crippen LogP contribution in [0.15, 0.2) is 174 Å². The molecule has 11 rings (SSSR count). The van der Waals surface area contributed by atoms with Crippen LogP contribution in [-0.4, -0.2) is 4.57 Å². The summed E-state index contributed by atoms with van der Waals surface area (Å²) in [5.74, 6) is 1.29. The number of benzene rings is 7. The Hall–Kier alpha value is -6.38. The lowest BCUT2D eigenvalue weighted by Gasteiger charge is -2.22. The molecule has 0 saturated carbocycles. The van der Waals surface area contributed by atoms with E-state index >= 15 is 0 Å². The topological polar surface area (TPSA) is 18.1 Å². The number of hydrogen-bond donors (Lipinski definition) is 0. The fourth-order valence-corrected chi connectivity index (χ4v) is 8.45. The van der Waals surface area contributed by atoms with Crippen LogP contribution < -0.4 is 0 Å². The normalized spacial score (nSPS) is 13.2. The van der Waals surface area contributed by atoms with Gasteiger partial charge in [0, 0.05) is 16.5 Å². The van der Waals surface area contributed by atoms with Crippen LogP contribution in [-0.2, 0) is 0 Å². The van der Waals surface area contributed by atoms with Crippen LogP contribution >= 0.6 is 0 Å². The summed E-state index contributed by atoms with van der Waals surface area (Å²) in [6.07, 6.45) is 0. The Morgan fingerprint density at radius 3 is 1.49 bits per heavy atom. The number of fused-ring (bicyclic) bond motifs is 11. The van der Waals surface area contributed by atoms with Crippen LogP contribution in [0.4, 0.5) is 0 Å². The van der Waals surface area contributed by atoms with E-state index in [4.69, 9.17) is 4.42 Å². The first-order chi connectivity index (χ1) is 24.3. The van der Waals surface area contributed by atoms with Crippen molar-refractivity contribution in [3.63, 3.8) is 0 Å². The van der Waals surface area contributed by atoms with Crippen LogP contribution in [0.3, 0.4) is 0 Å². The minimum Gasteiger partial charge on any atom is -0.454 e. The maximum absolute atomic E-state index is 6.47. The van der Waals surface area contributed by atoms with Gasteiger partial charge >= 0.3 is 0 Å². The Bertz CT molecular complexity index is 2730. The minimum atomic E-state index is 0.907. The third-order valence-electron chi connectivity index (χ3n) is 10.5. The number of aromatic nitrogens is 1. The van der Waals surface area contributed by atoms with Crippen LogP contribution in [0.25, 0.3) is 72.1 Å². The molecule has 0 spiro atoms. The molecule has 2 aliphatic carbocycles. The van der Waals surface area contributed by atoms with E-state index in [0.717, 1.165) is 38.7 Å². The van der Waals surface area contributed by atoms with E-state index < -0.39 is 0 Å². The summed E-state index contributed by atoms with van der Waals surface area (Å²) in [5.41, 5.74) is 19.2. The van der Waals surface area contributed by atoms with Gasteiger partial charge in [0.15, 0.2) is 5.58 Å². The van der Waals surface area contributed by atoms with Crippen molar-refractivity contribution in [2.24, 2.45) is 0 Å². The molecule has 0 atom stereocenters. The first-order valence-electron chi connectivity index (χ1n) is 16.9. The smallest absolute Gasteiger partial charge is 0.161 e. The Kier molecular flexibility index (Phi) is 5.47. The van der Waals surface area contributed by atoms with E-state index in [2.05, 4.69) is 168 Å². The highest BCUT2D eigenvalue weighted by Gasteiger charge is 2.37. The molecule has 7 aromatic carbocycles. The molecule has 0 unspecified atom stereocenters. The van der Waals surface area contributed by atoms with E-state index in [1.54, 1.807) is 0 Å². The van der Waals surface area contributed by atoms with Gasteiger partial charge in [0.1, 0.15) is 11.1 Å². The molecule has 9 aromatic rings. The Labute approximate surface area is 283 Å². The molecule has 0 bridgehead atoms. The van der Waals surface area contributed by atoms with Gasteiger partial charge in [0.2, 0.25) is 0 Å². The molecule has 2 heterocycles. The summed E-state index contributed by atoms with van der Waals surface area (Å²) >= 11 is 0. The number of nitrogens with zero attached hydrogens (tertiary/aromatic N) is 1. The summed E-state index contributed by atoms with van der Waals surface area (Å²) in [5, 5.41) is 2.24. The number of rotatable bonds is 3. The lowest BCUT2D eigenvalue weighted by Crippen LogP contribution is -2.06. The minimum absolute atomic E-state index is 0.907. The molecule has 0 fully saturated rings. The van der Waals surface area contributed by atoms with E-state index in [9.17, 15) is 0 Å². The zero-order valence-electron chi connectivity index (χ0n) is 26.5. The van der Waals surface area contributed by atoms with Crippen molar-refractivity contribution >= 4 is 44.1 Å². The maximum Gasteiger partial charge on any atom is 0.161 e. The standard InChI is InChI=1S/C47H28NO/c1-5-17-35-31(13-1)32-14-2-6-18-36(32)44(35)43(45-37-19-7-3-15-33(37)34-16-4-8-20-38(34)45)29-25-27-30(28-26-29)48-41-23-11-9-21-39(41)47-46(48)40-22-10-12-24-42(40)49-47/h1-28H. The Balaban J connectivity index is 1.20. The number of allylic oxidation sites excluding steroid dienone is 1. The first-order valence-corrected chi connectivity index (χ1v) is 16.9. The molecule has 0 amide bonds. The molecule has 2 aliphatic rings. The third kappa shape index (κ3) is 3.66. The molecule has 0 aliphatic heterocycles. The quantitative estimate of drug-likeness (QED) is 0.192. The average Bonchev–Trinajstić information content (AvgIpc) is 3.89. The van der Waals surface area contributed by atoms with Crippen molar-refractivity contribution in [3.05, 3.63) is 204 Å². The molecular formula is C47H28NO. The molecule has 227 valence electrons. The zero-order chi connectivity index (χ0) is 32.1. The molecule has 1 radical (unpaired) electrons.